The lowest BCUT2D eigenvalue weighted by Crippen LogP contribution is -2.30. The maximum atomic E-state index is 12.6. The highest BCUT2D eigenvalue weighted by Gasteiger charge is 2.19. The van der Waals surface area contributed by atoms with Crippen LogP contribution in [0.15, 0.2) is 48.6 Å². The first-order valence-electron chi connectivity index (χ1n) is 21.1. The molecular weight excluding hydrogens is 636 g/mol. The van der Waals surface area contributed by atoms with Gasteiger partial charge in [-0.3, -0.25) is 14.4 Å². The molecule has 0 amide bonds. The van der Waals surface area contributed by atoms with Crippen molar-refractivity contribution in [1.82, 2.24) is 0 Å². The number of ether oxygens (including phenoxy) is 3. The molecule has 0 aromatic carbocycles. The first-order chi connectivity index (χ1) is 25.0. The van der Waals surface area contributed by atoms with Crippen LogP contribution in [0.4, 0.5) is 0 Å². The number of hydrogen-bond donors (Lipinski definition) is 0. The van der Waals surface area contributed by atoms with Crippen LogP contribution in [0.3, 0.4) is 0 Å². The van der Waals surface area contributed by atoms with Crippen molar-refractivity contribution in [3.63, 3.8) is 0 Å². The molecule has 294 valence electrons. The summed E-state index contributed by atoms with van der Waals surface area (Å²) in [6, 6.07) is 0. The van der Waals surface area contributed by atoms with E-state index in [-0.39, 0.29) is 31.1 Å². The summed E-state index contributed by atoms with van der Waals surface area (Å²) in [6.45, 7) is 6.42. The Hall–Kier alpha value is -2.63. The van der Waals surface area contributed by atoms with Crippen LogP contribution < -0.4 is 0 Å². The summed E-state index contributed by atoms with van der Waals surface area (Å²) in [6.07, 6.45) is 45.3. The second kappa shape index (κ2) is 40.1. The van der Waals surface area contributed by atoms with E-state index in [9.17, 15) is 14.4 Å². The van der Waals surface area contributed by atoms with Gasteiger partial charge in [0.15, 0.2) is 6.10 Å². The number of unbranched alkanes of at least 4 members (excludes halogenated alkanes) is 18. The maximum absolute atomic E-state index is 12.6. The smallest absolute Gasteiger partial charge is 0.306 e. The fraction of sp³-hybridized carbons (Fsp3) is 0.756. The number of hydrogen-bond acceptors (Lipinski definition) is 6. The van der Waals surface area contributed by atoms with E-state index in [1.807, 2.05) is 0 Å². The Labute approximate surface area is 314 Å². The molecule has 0 N–H and O–H groups in total. The summed E-state index contributed by atoms with van der Waals surface area (Å²) in [5, 5.41) is 0. The van der Waals surface area contributed by atoms with Crippen molar-refractivity contribution >= 4 is 17.9 Å². The molecule has 1 atom stereocenters. The van der Waals surface area contributed by atoms with Gasteiger partial charge < -0.3 is 14.2 Å². The lowest BCUT2D eigenvalue weighted by molar-refractivity contribution is -0.167. The summed E-state index contributed by atoms with van der Waals surface area (Å²) in [5.74, 6) is -0.937. The van der Waals surface area contributed by atoms with E-state index in [1.54, 1.807) is 0 Å². The fourth-order valence-corrected chi connectivity index (χ4v) is 5.67. The molecule has 0 aliphatic carbocycles. The van der Waals surface area contributed by atoms with Crippen molar-refractivity contribution in [2.45, 2.75) is 207 Å². The lowest BCUT2D eigenvalue weighted by atomic mass is 10.1. The monoisotopic (exact) mass is 715 g/mol. The van der Waals surface area contributed by atoms with Crippen molar-refractivity contribution in [2.75, 3.05) is 13.2 Å². The summed E-state index contributed by atoms with van der Waals surface area (Å²) in [7, 11) is 0. The summed E-state index contributed by atoms with van der Waals surface area (Å²) >= 11 is 0. The summed E-state index contributed by atoms with van der Waals surface area (Å²) in [5.41, 5.74) is 0. The SMILES string of the molecule is CC/C=C\C/C=C\C/C=C\C/C=C\CCCCC(=O)OCC(COC(=O)CCCCCCCCCCC)OC(=O)CCCCCCCCCCC. The highest BCUT2D eigenvalue weighted by Crippen LogP contribution is 2.13. The molecule has 0 aliphatic rings. The highest BCUT2D eigenvalue weighted by atomic mass is 16.6. The van der Waals surface area contributed by atoms with E-state index in [0.29, 0.717) is 19.3 Å². The van der Waals surface area contributed by atoms with Gasteiger partial charge >= 0.3 is 17.9 Å². The molecule has 0 aromatic heterocycles. The van der Waals surface area contributed by atoms with E-state index < -0.39 is 6.10 Å². The van der Waals surface area contributed by atoms with E-state index in [4.69, 9.17) is 14.2 Å². The topological polar surface area (TPSA) is 78.9 Å². The Morgan fingerprint density at radius 3 is 1.20 bits per heavy atom. The predicted molar refractivity (Wildman–Crippen MR) is 215 cm³/mol. The zero-order valence-corrected chi connectivity index (χ0v) is 33.4. The van der Waals surface area contributed by atoms with Gasteiger partial charge in [0.05, 0.1) is 0 Å². The molecule has 0 spiro atoms. The quantitative estimate of drug-likeness (QED) is 0.0276. The van der Waals surface area contributed by atoms with Gasteiger partial charge in [0.2, 0.25) is 0 Å². The van der Waals surface area contributed by atoms with Gasteiger partial charge in [-0.1, -0.05) is 172 Å². The second-order valence-electron chi connectivity index (χ2n) is 13.9. The third-order valence-electron chi connectivity index (χ3n) is 8.85. The van der Waals surface area contributed by atoms with Crippen LogP contribution in [0.2, 0.25) is 0 Å². The minimum Gasteiger partial charge on any atom is -0.462 e. The summed E-state index contributed by atoms with van der Waals surface area (Å²) in [4.78, 5) is 37.5. The molecule has 0 rings (SSSR count). The van der Waals surface area contributed by atoms with Gasteiger partial charge in [-0.15, -0.1) is 0 Å². The van der Waals surface area contributed by atoms with Gasteiger partial charge in [-0.2, -0.15) is 0 Å². The van der Waals surface area contributed by atoms with Crippen LogP contribution in [-0.2, 0) is 28.6 Å². The Bertz CT molecular complexity index is 918. The molecule has 0 saturated heterocycles. The molecule has 51 heavy (non-hydrogen) atoms. The van der Waals surface area contributed by atoms with Gasteiger partial charge in [0.1, 0.15) is 13.2 Å². The minimum atomic E-state index is -0.781. The van der Waals surface area contributed by atoms with Crippen molar-refractivity contribution < 1.29 is 28.6 Å². The molecule has 6 nitrogen and oxygen atoms in total. The molecule has 0 heterocycles. The normalized spacial score (nSPS) is 12.5. The average molecular weight is 715 g/mol. The van der Waals surface area contributed by atoms with Gasteiger partial charge in [-0.05, 0) is 57.8 Å². The van der Waals surface area contributed by atoms with E-state index in [1.165, 1.54) is 77.0 Å². The van der Waals surface area contributed by atoms with E-state index in [0.717, 1.165) is 83.5 Å². The largest absolute Gasteiger partial charge is 0.462 e. The van der Waals surface area contributed by atoms with Crippen LogP contribution in [0.1, 0.15) is 201 Å². The third-order valence-corrected chi connectivity index (χ3v) is 8.85. The number of allylic oxidation sites excluding steroid dienone is 8. The number of carbonyl (C=O) groups excluding carboxylic acids is 3. The highest BCUT2D eigenvalue weighted by molar-refractivity contribution is 5.71. The second-order valence-corrected chi connectivity index (χ2v) is 13.9. The van der Waals surface area contributed by atoms with Gasteiger partial charge in [-0.25, -0.2) is 0 Å². The van der Waals surface area contributed by atoms with Gasteiger partial charge in [0, 0.05) is 19.3 Å². The Balaban J connectivity index is 4.41. The molecule has 0 bridgehead atoms. The zero-order valence-electron chi connectivity index (χ0n) is 33.4. The standard InChI is InChI=1S/C45H78O6/c1-4-7-10-13-16-19-20-21-22-23-24-27-29-32-35-38-44(47)50-41-42(51-45(48)39-36-33-30-26-18-15-12-9-6-3)40-49-43(46)37-34-31-28-25-17-14-11-8-5-2/h7,10,16,19,21-22,24,27,42H,4-6,8-9,11-15,17-18,20,23,25-26,28-41H2,1-3H3/b10-7-,19-16-,22-21-,27-24-. The van der Waals surface area contributed by atoms with Crippen LogP contribution in [0.25, 0.3) is 0 Å². The molecule has 0 saturated carbocycles. The van der Waals surface area contributed by atoms with E-state index in [2.05, 4.69) is 69.4 Å². The average Bonchev–Trinajstić information content (AvgIpc) is 3.12. The lowest BCUT2D eigenvalue weighted by Gasteiger charge is -2.18. The molecular formula is C45H78O6. The molecule has 1 unspecified atom stereocenters. The molecule has 0 radical (unpaired) electrons. The number of esters is 3. The molecule has 6 heteroatoms. The minimum absolute atomic E-state index is 0.0845. The summed E-state index contributed by atoms with van der Waals surface area (Å²) < 4.78 is 16.6. The predicted octanol–water partition coefficient (Wildman–Crippen LogP) is 13.2. The van der Waals surface area contributed by atoms with Crippen LogP contribution in [-0.4, -0.2) is 37.2 Å². The number of carbonyl (C=O) groups is 3. The zero-order chi connectivity index (χ0) is 37.3. The van der Waals surface area contributed by atoms with Crippen molar-refractivity contribution in [3.05, 3.63) is 48.6 Å². The maximum Gasteiger partial charge on any atom is 0.306 e. The Morgan fingerprint density at radius 1 is 0.412 bits per heavy atom. The molecule has 0 aliphatic heterocycles. The first-order valence-corrected chi connectivity index (χ1v) is 21.1. The van der Waals surface area contributed by atoms with Crippen molar-refractivity contribution in [3.8, 4) is 0 Å². The van der Waals surface area contributed by atoms with Crippen LogP contribution >= 0.6 is 0 Å². The van der Waals surface area contributed by atoms with Crippen molar-refractivity contribution in [2.24, 2.45) is 0 Å². The molecule has 0 fully saturated rings. The van der Waals surface area contributed by atoms with Gasteiger partial charge in [0.25, 0.3) is 0 Å². The van der Waals surface area contributed by atoms with Crippen molar-refractivity contribution in [1.29, 1.82) is 0 Å². The Kier molecular flexibility index (Phi) is 38.1. The third kappa shape index (κ3) is 38.4. The van der Waals surface area contributed by atoms with Crippen LogP contribution in [0.5, 0.6) is 0 Å². The first kappa shape index (κ1) is 48.4. The number of rotatable bonds is 37. The van der Waals surface area contributed by atoms with E-state index >= 15 is 0 Å². The fourth-order valence-electron chi connectivity index (χ4n) is 5.67. The molecule has 0 aromatic rings. The Morgan fingerprint density at radius 2 is 0.765 bits per heavy atom. The van der Waals surface area contributed by atoms with Crippen LogP contribution in [0, 0.1) is 0 Å².